The Bertz CT molecular complexity index is 1450. The van der Waals surface area contributed by atoms with Gasteiger partial charge >= 0.3 is 0 Å². The van der Waals surface area contributed by atoms with E-state index >= 15 is 0 Å². The molecule has 0 aliphatic heterocycles. The molecule has 0 unspecified atom stereocenters. The molecule has 34 heavy (non-hydrogen) atoms. The monoisotopic (exact) mass is 452 g/mol. The molecule has 3 N–H and O–H groups in total. The van der Waals surface area contributed by atoms with Gasteiger partial charge in [0.2, 0.25) is 0 Å². The Hall–Kier alpha value is -4.03. The molecule has 172 valence electrons. The molecule has 6 heteroatoms. The number of rotatable bonds is 9. The number of aromatic amines is 2. The Kier molecular flexibility index (Phi) is 6.31. The molecular formula is C28H28N4O2. The van der Waals surface area contributed by atoms with Gasteiger partial charge in [-0.1, -0.05) is 36.4 Å². The Morgan fingerprint density at radius 1 is 0.941 bits per heavy atom. The summed E-state index contributed by atoms with van der Waals surface area (Å²) in [6.07, 6.45) is 6.92. The lowest BCUT2D eigenvalue weighted by Gasteiger charge is -2.11. The van der Waals surface area contributed by atoms with Gasteiger partial charge in [0.1, 0.15) is 0 Å². The van der Waals surface area contributed by atoms with E-state index < -0.39 is 0 Å². The maximum atomic E-state index is 5.53. The minimum atomic E-state index is 0.723. The Balaban J connectivity index is 1.29. The lowest BCUT2D eigenvalue weighted by Crippen LogP contribution is -2.17. The van der Waals surface area contributed by atoms with Crippen LogP contribution in [0.3, 0.4) is 0 Å². The maximum Gasteiger partial charge on any atom is 0.161 e. The summed E-state index contributed by atoms with van der Waals surface area (Å²) in [5.74, 6) is 1.45. The fourth-order valence-corrected chi connectivity index (χ4v) is 4.35. The zero-order valence-electron chi connectivity index (χ0n) is 19.4. The first-order valence-corrected chi connectivity index (χ1v) is 11.4. The molecule has 0 spiro atoms. The van der Waals surface area contributed by atoms with Crippen molar-refractivity contribution in [3.8, 4) is 22.8 Å². The lowest BCUT2D eigenvalue weighted by atomic mass is 10.0. The quantitative estimate of drug-likeness (QED) is 0.256. The molecule has 0 saturated carbocycles. The third-order valence-electron chi connectivity index (χ3n) is 6.05. The van der Waals surface area contributed by atoms with Crippen LogP contribution in [0.25, 0.3) is 39.3 Å². The average molecular weight is 453 g/mol. The van der Waals surface area contributed by atoms with Crippen molar-refractivity contribution in [3.63, 3.8) is 0 Å². The summed E-state index contributed by atoms with van der Waals surface area (Å²) in [6, 6.07) is 20.7. The smallest absolute Gasteiger partial charge is 0.161 e. The molecule has 3 aromatic carbocycles. The first-order chi connectivity index (χ1) is 16.8. The van der Waals surface area contributed by atoms with E-state index in [0.717, 1.165) is 64.4 Å². The number of hydrogen-bond acceptors (Lipinski definition) is 4. The topological polar surface area (TPSA) is 75.0 Å². The first kappa shape index (κ1) is 21.8. The minimum Gasteiger partial charge on any atom is -0.493 e. The molecule has 0 amide bonds. The van der Waals surface area contributed by atoms with Crippen molar-refractivity contribution >= 4 is 28.0 Å². The second-order valence-corrected chi connectivity index (χ2v) is 8.13. The summed E-state index contributed by atoms with van der Waals surface area (Å²) >= 11 is 0. The molecule has 6 nitrogen and oxygen atoms in total. The number of nitrogens with zero attached hydrogens (tertiary/aromatic N) is 1. The predicted molar refractivity (Wildman–Crippen MR) is 139 cm³/mol. The number of fused-ring (bicyclic) bond motifs is 2. The Morgan fingerprint density at radius 2 is 1.82 bits per heavy atom. The van der Waals surface area contributed by atoms with E-state index in [1.54, 1.807) is 20.5 Å². The maximum absolute atomic E-state index is 5.53. The van der Waals surface area contributed by atoms with Crippen molar-refractivity contribution < 1.29 is 9.47 Å². The van der Waals surface area contributed by atoms with E-state index in [1.807, 2.05) is 18.2 Å². The van der Waals surface area contributed by atoms with Crippen molar-refractivity contribution in [2.24, 2.45) is 0 Å². The van der Waals surface area contributed by atoms with Crippen LogP contribution in [0.15, 0.2) is 73.1 Å². The zero-order valence-corrected chi connectivity index (χ0v) is 19.4. The van der Waals surface area contributed by atoms with Gasteiger partial charge < -0.3 is 24.8 Å². The fraction of sp³-hybridized carbons (Fsp3) is 0.179. The standard InChI is InChI=1S/C28H28N4O2/c1-33-26-12-10-20(17-27(26)34-2)28-22(21-7-3-4-8-23(21)32-28)13-15-29-14-5-6-19-9-11-24-25(16-19)31-18-30-24/h3-12,16-18,29,32H,13-15H2,1-2H3,(H,30,31)/b6-5+. The van der Waals surface area contributed by atoms with Gasteiger partial charge in [0, 0.05) is 28.7 Å². The molecule has 0 aliphatic rings. The number of imidazole rings is 1. The number of aromatic nitrogens is 3. The Labute approximate surface area is 198 Å². The van der Waals surface area contributed by atoms with Crippen LogP contribution in [0.2, 0.25) is 0 Å². The van der Waals surface area contributed by atoms with Gasteiger partial charge in [-0.25, -0.2) is 4.98 Å². The number of methoxy groups -OCH3 is 2. The van der Waals surface area contributed by atoms with Crippen molar-refractivity contribution in [2.75, 3.05) is 27.3 Å². The molecule has 2 aromatic heterocycles. The number of H-pyrrole nitrogens is 2. The van der Waals surface area contributed by atoms with Gasteiger partial charge in [-0.2, -0.15) is 0 Å². The summed E-state index contributed by atoms with van der Waals surface area (Å²) in [5, 5.41) is 4.79. The van der Waals surface area contributed by atoms with Crippen molar-refractivity contribution in [1.29, 1.82) is 0 Å². The third-order valence-corrected chi connectivity index (χ3v) is 6.05. The third kappa shape index (κ3) is 4.40. The van der Waals surface area contributed by atoms with Crippen molar-refractivity contribution in [2.45, 2.75) is 6.42 Å². The van der Waals surface area contributed by atoms with E-state index in [-0.39, 0.29) is 0 Å². The van der Waals surface area contributed by atoms with E-state index in [9.17, 15) is 0 Å². The molecule has 0 aliphatic carbocycles. The van der Waals surface area contributed by atoms with Crippen LogP contribution in [0, 0.1) is 0 Å². The molecule has 5 rings (SSSR count). The summed E-state index contributed by atoms with van der Waals surface area (Å²) in [4.78, 5) is 11.0. The second kappa shape index (κ2) is 9.85. The second-order valence-electron chi connectivity index (χ2n) is 8.13. The zero-order chi connectivity index (χ0) is 23.3. The van der Waals surface area contributed by atoms with Gasteiger partial charge in [-0.05, 0) is 60.5 Å². The van der Waals surface area contributed by atoms with Gasteiger partial charge in [0.25, 0.3) is 0 Å². The molecule has 0 fully saturated rings. The largest absolute Gasteiger partial charge is 0.493 e. The van der Waals surface area contributed by atoms with Crippen molar-refractivity contribution in [1.82, 2.24) is 20.3 Å². The summed E-state index contributed by atoms with van der Waals surface area (Å²) in [6.45, 7) is 1.67. The summed E-state index contributed by atoms with van der Waals surface area (Å²) < 4.78 is 10.9. The molecule has 5 aromatic rings. The van der Waals surface area contributed by atoms with Crippen LogP contribution in [0.4, 0.5) is 0 Å². The number of ether oxygens (including phenoxy) is 2. The molecule has 2 heterocycles. The highest BCUT2D eigenvalue weighted by atomic mass is 16.5. The van der Waals surface area contributed by atoms with Crippen LogP contribution >= 0.6 is 0 Å². The van der Waals surface area contributed by atoms with E-state index in [1.165, 1.54) is 10.9 Å². The highest BCUT2D eigenvalue weighted by Crippen LogP contribution is 2.36. The molecular weight excluding hydrogens is 424 g/mol. The van der Waals surface area contributed by atoms with Gasteiger partial charge in [-0.3, -0.25) is 0 Å². The van der Waals surface area contributed by atoms with E-state index in [0.29, 0.717) is 0 Å². The first-order valence-electron chi connectivity index (χ1n) is 11.4. The molecule has 0 atom stereocenters. The SMILES string of the molecule is COc1ccc(-c2[nH]c3ccccc3c2CCNC/C=C/c2ccc3nc[nH]c3c2)cc1OC. The Morgan fingerprint density at radius 3 is 2.71 bits per heavy atom. The van der Waals surface area contributed by atoms with Gasteiger partial charge in [0.05, 0.1) is 31.6 Å². The fourth-order valence-electron chi connectivity index (χ4n) is 4.35. The lowest BCUT2D eigenvalue weighted by molar-refractivity contribution is 0.355. The van der Waals surface area contributed by atoms with E-state index in [4.69, 9.17) is 9.47 Å². The average Bonchev–Trinajstić information content (AvgIpc) is 3.50. The number of nitrogens with one attached hydrogen (secondary N) is 3. The molecule has 0 saturated heterocycles. The van der Waals surface area contributed by atoms with Crippen LogP contribution in [0.1, 0.15) is 11.1 Å². The summed E-state index contributed by atoms with van der Waals surface area (Å²) in [7, 11) is 3.32. The van der Waals surface area contributed by atoms with Crippen LogP contribution in [-0.2, 0) is 6.42 Å². The van der Waals surface area contributed by atoms with Crippen LogP contribution in [0.5, 0.6) is 11.5 Å². The van der Waals surface area contributed by atoms with E-state index in [2.05, 4.69) is 74.9 Å². The minimum absolute atomic E-state index is 0.723. The number of hydrogen-bond donors (Lipinski definition) is 3. The predicted octanol–water partition coefficient (Wildman–Crippen LogP) is 5.57. The highest BCUT2D eigenvalue weighted by molar-refractivity contribution is 5.91. The van der Waals surface area contributed by atoms with Gasteiger partial charge in [-0.15, -0.1) is 0 Å². The number of benzene rings is 3. The normalized spacial score (nSPS) is 11.6. The summed E-state index contributed by atoms with van der Waals surface area (Å²) in [5.41, 5.74) is 7.83. The number of para-hydroxylation sites is 1. The van der Waals surface area contributed by atoms with Crippen molar-refractivity contribution in [3.05, 3.63) is 84.2 Å². The molecule has 0 radical (unpaired) electrons. The molecule has 0 bridgehead atoms. The van der Waals surface area contributed by atoms with Crippen LogP contribution < -0.4 is 14.8 Å². The van der Waals surface area contributed by atoms with Gasteiger partial charge in [0.15, 0.2) is 11.5 Å². The highest BCUT2D eigenvalue weighted by Gasteiger charge is 2.15. The van der Waals surface area contributed by atoms with Crippen LogP contribution in [-0.4, -0.2) is 42.3 Å².